The molecule has 2 heterocycles. The van der Waals surface area contributed by atoms with Gasteiger partial charge in [-0.3, -0.25) is 4.90 Å². The summed E-state index contributed by atoms with van der Waals surface area (Å²) in [5, 5.41) is 0. The quantitative estimate of drug-likeness (QED) is 0.899. The van der Waals surface area contributed by atoms with Crippen molar-refractivity contribution in [1.29, 1.82) is 0 Å². The third-order valence-corrected chi connectivity index (χ3v) is 5.21. The lowest BCUT2D eigenvalue weighted by atomic mass is 10.1. The van der Waals surface area contributed by atoms with Crippen molar-refractivity contribution in [3.63, 3.8) is 0 Å². The van der Waals surface area contributed by atoms with E-state index in [4.69, 9.17) is 5.73 Å². The van der Waals surface area contributed by atoms with Gasteiger partial charge in [0, 0.05) is 46.0 Å². The molecule has 0 radical (unpaired) electrons. The van der Waals surface area contributed by atoms with E-state index in [2.05, 4.69) is 63.7 Å². The predicted octanol–water partition coefficient (Wildman–Crippen LogP) is 2.02. The maximum atomic E-state index is 5.88. The molecule has 2 aromatic rings. The van der Waals surface area contributed by atoms with Gasteiger partial charge in [-0.15, -0.1) is 0 Å². The third-order valence-electron chi connectivity index (χ3n) is 5.21. The van der Waals surface area contributed by atoms with E-state index in [0.717, 1.165) is 32.0 Å². The number of aromatic nitrogens is 3. The molecule has 140 valence electrons. The van der Waals surface area contributed by atoms with Gasteiger partial charge in [0.2, 0.25) is 11.9 Å². The normalized spacial score (nSPS) is 16.6. The van der Waals surface area contributed by atoms with Crippen LogP contribution in [-0.2, 0) is 0 Å². The fraction of sp³-hybridized carbons (Fsp3) is 0.526. The average Bonchev–Trinajstić information content (AvgIpc) is 2.63. The van der Waals surface area contributed by atoms with Crippen LogP contribution < -0.4 is 15.5 Å². The van der Waals surface area contributed by atoms with Crippen molar-refractivity contribution in [2.45, 2.75) is 26.8 Å². The van der Waals surface area contributed by atoms with Gasteiger partial charge >= 0.3 is 0 Å². The lowest BCUT2D eigenvalue weighted by Gasteiger charge is -2.39. The molecule has 1 fully saturated rings. The summed E-state index contributed by atoms with van der Waals surface area (Å²) in [6.07, 6.45) is 0. The molecule has 0 unspecified atom stereocenters. The maximum Gasteiger partial charge on any atom is 0.229 e. The molecule has 26 heavy (non-hydrogen) atoms. The number of benzene rings is 1. The first-order chi connectivity index (χ1) is 12.4. The minimum Gasteiger partial charge on any atom is -0.369 e. The summed E-state index contributed by atoms with van der Waals surface area (Å²) < 4.78 is 0. The van der Waals surface area contributed by atoms with Crippen molar-refractivity contribution in [3.8, 4) is 0 Å². The Kier molecular flexibility index (Phi) is 5.27. The Bertz CT molecular complexity index is 766. The lowest BCUT2D eigenvalue weighted by Crippen LogP contribution is -2.47. The van der Waals surface area contributed by atoms with Crippen LogP contribution in [0.15, 0.2) is 18.2 Å². The Hall–Kier alpha value is -2.41. The number of hydrogen-bond acceptors (Lipinski definition) is 7. The fourth-order valence-electron chi connectivity index (χ4n) is 3.38. The molecule has 7 nitrogen and oxygen atoms in total. The summed E-state index contributed by atoms with van der Waals surface area (Å²) in [5.74, 6) is 1.62. The summed E-state index contributed by atoms with van der Waals surface area (Å²) in [7, 11) is 3.82. The summed E-state index contributed by atoms with van der Waals surface area (Å²) in [6.45, 7) is 10.4. The maximum absolute atomic E-state index is 5.88. The number of nitrogen functional groups attached to an aromatic ring is 1. The van der Waals surface area contributed by atoms with Crippen LogP contribution in [0.4, 0.5) is 17.6 Å². The highest BCUT2D eigenvalue weighted by Gasteiger charge is 2.25. The Labute approximate surface area is 155 Å². The van der Waals surface area contributed by atoms with Gasteiger partial charge in [-0.1, -0.05) is 12.1 Å². The SMILES string of the molecule is Cc1cccc(N2CCN([C@H](C)c3nc(N)nc(N(C)C)n3)CC2)c1C. The van der Waals surface area contributed by atoms with E-state index in [1.165, 1.54) is 16.8 Å². The molecule has 1 aromatic carbocycles. The predicted molar refractivity (Wildman–Crippen MR) is 107 cm³/mol. The number of piperazine rings is 1. The molecule has 0 amide bonds. The van der Waals surface area contributed by atoms with Crippen LogP contribution in [0.3, 0.4) is 0 Å². The van der Waals surface area contributed by atoms with E-state index in [-0.39, 0.29) is 12.0 Å². The van der Waals surface area contributed by atoms with Crippen molar-refractivity contribution < 1.29 is 0 Å². The van der Waals surface area contributed by atoms with Gasteiger partial charge in [-0.25, -0.2) is 0 Å². The lowest BCUT2D eigenvalue weighted by molar-refractivity contribution is 0.191. The van der Waals surface area contributed by atoms with E-state index in [1.54, 1.807) is 0 Å². The first-order valence-corrected chi connectivity index (χ1v) is 9.11. The van der Waals surface area contributed by atoms with Crippen LogP contribution >= 0.6 is 0 Å². The van der Waals surface area contributed by atoms with Crippen molar-refractivity contribution >= 4 is 17.6 Å². The third kappa shape index (κ3) is 3.72. The van der Waals surface area contributed by atoms with Crippen LogP contribution in [-0.4, -0.2) is 60.1 Å². The summed E-state index contributed by atoms with van der Waals surface area (Å²) in [5.41, 5.74) is 9.93. The van der Waals surface area contributed by atoms with Gasteiger partial charge in [0.1, 0.15) is 0 Å². The second-order valence-corrected chi connectivity index (χ2v) is 7.16. The first kappa shape index (κ1) is 18.4. The summed E-state index contributed by atoms with van der Waals surface area (Å²) in [4.78, 5) is 19.9. The van der Waals surface area contributed by atoms with E-state index < -0.39 is 0 Å². The zero-order chi connectivity index (χ0) is 18.8. The van der Waals surface area contributed by atoms with E-state index in [0.29, 0.717) is 5.95 Å². The van der Waals surface area contributed by atoms with E-state index >= 15 is 0 Å². The monoisotopic (exact) mass is 355 g/mol. The van der Waals surface area contributed by atoms with Gasteiger partial charge in [0.25, 0.3) is 0 Å². The molecule has 1 aromatic heterocycles. The van der Waals surface area contributed by atoms with E-state index in [9.17, 15) is 0 Å². The number of hydrogen-bond donors (Lipinski definition) is 1. The first-order valence-electron chi connectivity index (χ1n) is 9.11. The molecule has 1 aliphatic rings. The highest BCUT2D eigenvalue weighted by atomic mass is 15.3. The minimum atomic E-state index is 0.111. The molecular weight excluding hydrogens is 326 g/mol. The fourth-order valence-corrected chi connectivity index (χ4v) is 3.38. The highest BCUT2D eigenvalue weighted by Crippen LogP contribution is 2.26. The second kappa shape index (κ2) is 7.45. The van der Waals surface area contributed by atoms with Crippen LogP contribution in [0.1, 0.15) is 29.9 Å². The Morgan fingerprint density at radius 1 is 1.04 bits per heavy atom. The molecule has 1 aliphatic heterocycles. The molecule has 1 saturated heterocycles. The number of aryl methyl sites for hydroxylation is 1. The van der Waals surface area contributed by atoms with Crippen LogP contribution in [0, 0.1) is 13.8 Å². The molecule has 7 heteroatoms. The highest BCUT2D eigenvalue weighted by molar-refractivity contribution is 5.56. The molecule has 3 rings (SSSR count). The van der Waals surface area contributed by atoms with Crippen molar-refractivity contribution in [3.05, 3.63) is 35.2 Å². The molecular formula is C19H29N7. The minimum absolute atomic E-state index is 0.111. The molecule has 1 atom stereocenters. The topological polar surface area (TPSA) is 74.4 Å². The zero-order valence-corrected chi connectivity index (χ0v) is 16.4. The Morgan fingerprint density at radius 2 is 1.73 bits per heavy atom. The molecule has 0 saturated carbocycles. The summed E-state index contributed by atoms with van der Waals surface area (Å²) >= 11 is 0. The molecule has 0 spiro atoms. The summed E-state index contributed by atoms with van der Waals surface area (Å²) in [6, 6.07) is 6.64. The smallest absolute Gasteiger partial charge is 0.229 e. The van der Waals surface area contributed by atoms with Crippen molar-refractivity contribution in [1.82, 2.24) is 19.9 Å². The van der Waals surface area contributed by atoms with Gasteiger partial charge < -0.3 is 15.5 Å². The van der Waals surface area contributed by atoms with Crippen LogP contribution in [0.25, 0.3) is 0 Å². The van der Waals surface area contributed by atoms with Crippen LogP contribution in [0.5, 0.6) is 0 Å². The standard InChI is InChI=1S/C19H29N7/c1-13-7-6-8-16(14(13)2)26-11-9-25(10-12-26)15(3)17-21-18(20)23-19(22-17)24(4)5/h6-8,15H,9-12H2,1-5H3,(H2,20,21,22,23)/t15-/m1/s1. The molecule has 2 N–H and O–H groups in total. The second-order valence-electron chi connectivity index (χ2n) is 7.16. The zero-order valence-electron chi connectivity index (χ0n) is 16.4. The van der Waals surface area contributed by atoms with Crippen molar-refractivity contribution in [2.24, 2.45) is 0 Å². The van der Waals surface area contributed by atoms with Gasteiger partial charge in [-0.05, 0) is 38.0 Å². The van der Waals surface area contributed by atoms with Gasteiger partial charge in [-0.2, -0.15) is 15.0 Å². The largest absolute Gasteiger partial charge is 0.369 e. The van der Waals surface area contributed by atoms with Crippen molar-refractivity contribution in [2.75, 3.05) is 55.8 Å². The van der Waals surface area contributed by atoms with Crippen LogP contribution in [0.2, 0.25) is 0 Å². The molecule has 0 aliphatic carbocycles. The van der Waals surface area contributed by atoms with E-state index in [1.807, 2.05) is 19.0 Å². The Morgan fingerprint density at radius 3 is 2.38 bits per heavy atom. The number of nitrogens with zero attached hydrogens (tertiary/aromatic N) is 6. The Balaban J connectivity index is 1.71. The number of anilines is 3. The number of rotatable bonds is 4. The molecule has 0 bridgehead atoms. The average molecular weight is 355 g/mol. The van der Waals surface area contributed by atoms with Gasteiger partial charge in [0.15, 0.2) is 5.82 Å². The number of nitrogens with two attached hydrogens (primary N) is 1. The van der Waals surface area contributed by atoms with Gasteiger partial charge in [0.05, 0.1) is 6.04 Å².